The van der Waals surface area contributed by atoms with E-state index < -0.39 is 0 Å². The first-order chi connectivity index (χ1) is 7.01. The molecule has 0 saturated heterocycles. The third-order valence-electron chi connectivity index (χ3n) is 2.44. The second-order valence-electron chi connectivity index (χ2n) is 4.17. The fourth-order valence-corrected chi connectivity index (χ4v) is 2.07. The number of hydrogen-bond donors (Lipinski definition) is 0. The van der Waals surface area contributed by atoms with Crippen molar-refractivity contribution in [1.29, 1.82) is 0 Å². The summed E-state index contributed by atoms with van der Waals surface area (Å²) in [4.78, 5) is 0. The Balaban J connectivity index is 3.01. The summed E-state index contributed by atoms with van der Waals surface area (Å²) in [5.74, 6) is 0.854. The summed E-state index contributed by atoms with van der Waals surface area (Å²) in [5, 5.41) is 0. The summed E-state index contributed by atoms with van der Waals surface area (Å²) in [7, 11) is 3.39. The molecule has 0 aromatic heterocycles. The number of methoxy groups -OCH3 is 2. The largest absolute Gasteiger partial charge is 0.496 e. The third-order valence-corrected chi connectivity index (χ3v) is 3.06. The quantitative estimate of drug-likeness (QED) is 0.837. The van der Waals surface area contributed by atoms with Gasteiger partial charge in [-0.05, 0) is 33.6 Å². The number of hydrogen-bond acceptors (Lipinski definition) is 2. The van der Waals surface area contributed by atoms with Gasteiger partial charge in [-0.2, -0.15) is 0 Å². The van der Waals surface area contributed by atoms with Crippen LogP contribution in [0.3, 0.4) is 0 Å². The van der Waals surface area contributed by atoms with Crippen LogP contribution in [-0.2, 0) is 10.2 Å². The molecular weight excluding hydrogens is 256 g/mol. The molecule has 0 aliphatic rings. The molecule has 1 aromatic rings. The highest BCUT2D eigenvalue weighted by Crippen LogP contribution is 2.31. The fourth-order valence-electron chi connectivity index (χ4n) is 1.53. The van der Waals surface area contributed by atoms with E-state index in [2.05, 4.69) is 41.9 Å². The van der Waals surface area contributed by atoms with Crippen molar-refractivity contribution in [3.05, 3.63) is 28.2 Å². The molecule has 1 rings (SSSR count). The van der Waals surface area contributed by atoms with Crippen LogP contribution in [0.1, 0.15) is 19.4 Å². The zero-order valence-electron chi connectivity index (χ0n) is 9.63. The first-order valence-electron chi connectivity index (χ1n) is 4.84. The lowest BCUT2D eigenvalue weighted by Gasteiger charge is -2.24. The first-order valence-corrected chi connectivity index (χ1v) is 5.63. The summed E-state index contributed by atoms with van der Waals surface area (Å²) >= 11 is 3.49. The van der Waals surface area contributed by atoms with E-state index in [0.29, 0.717) is 6.61 Å². The van der Waals surface area contributed by atoms with Gasteiger partial charge < -0.3 is 9.47 Å². The molecule has 0 radical (unpaired) electrons. The minimum atomic E-state index is 0.0174. The van der Waals surface area contributed by atoms with Gasteiger partial charge in [0.2, 0.25) is 0 Å². The Morgan fingerprint density at radius 3 is 2.40 bits per heavy atom. The predicted molar refractivity (Wildman–Crippen MR) is 65.6 cm³/mol. The van der Waals surface area contributed by atoms with Crippen LogP contribution in [0.15, 0.2) is 22.7 Å². The average Bonchev–Trinajstić information content (AvgIpc) is 2.17. The highest BCUT2D eigenvalue weighted by molar-refractivity contribution is 9.10. The smallest absolute Gasteiger partial charge is 0.133 e. The fraction of sp³-hybridized carbons (Fsp3) is 0.500. The van der Waals surface area contributed by atoms with Gasteiger partial charge in [-0.3, -0.25) is 0 Å². The Bertz CT molecular complexity index is 334. The van der Waals surface area contributed by atoms with Gasteiger partial charge in [0.05, 0.1) is 18.2 Å². The summed E-state index contributed by atoms with van der Waals surface area (Å²) < 4.78 is 11.4. The molecule has 0 aliphatic carbocycles. The van der Waals surface area contributed by atoms with Crippen molar-refractivity contribution in [1.82, 2.24) is 0 Å². The maximum Gasteiger partial charge on any atom is 0.133 e. The topological polar surface area (TPSA) is 18.5 Å². The van der Waals surface area contributed by atoms with E-state index in [1.807, 2.05) is 6.07 Å². The standard InChI is InChI=1S/C12H17BrO2/c1-12(2,8-14-3)9-5-6-11(15-4)10(13)7-9/h5-7H,8H2,1-4H3. The van der Waals surface area contributed by atoms with Crippen molar-refractivity contribution in [2.24, 2.45) is 0 Å². The van der Waals surface area contributed by atoms with E-state index in [0.717, 1.165) is 10.2 Å². The first kappa shape index (κ1) is 12.5. The van der Waals surface area contributed by atoms with Crippen molar-refractivity contribution in [3.8, 4) is 5.75 Å². The van der Waals surface area contributed by atoms with E-state index in [-0.39, 0.29) is 5.41 Å². The third kappa shape index (κ3) is 2.95. The summed E-state index contributed by atoms with van der Waals surface area (Å²) in [6.07, 6.45) is 0. The maximum absolute atomic E-state index is 5.21. The molecule has 0 bridgehead atoms. The van der Waals surface area contributed by atoms with Crippen molar-refractivity contribution < 1.29 is 9.47 Å². The molecule has 15 heavy (non-hydrogen) atoms. The van der Waals surface area contributed by atoms with Crippen LogP contribution >= 0.6 is 15.9 Å². The molecule has 0 heterocycles. The summed E-state index contributed by atoms with van der Waals surface area (Å²) in [6, 6.07) is 6.12. The Morgan fingerprint density at radius 1 is 1.27 bits per heavy atom. The van der Waals surface area contributed by atoms with Gasteiger partial charge in [0.25, 0.3) is 0 Å². The molecular formula is C12H17BrO2. The molecule has 0 N–H and O–H groups in total. The molecule has 3 heteroatoms. The lowest BCUT2D eigenvalue weighted by Crippen LogP contribution is -2.23. The molecule has 84 valence electrons. The minimum Gasteiger partial charge on any atom is -0.496 e. The zero-order chi connectivity index (χ0) is 11.5. The van der Waals surface area contributed by atoms with Crippen LogP contribution in [0.2, 0.25) is 0 Å². The summed E-state index contributed by atoms with van der Waals surface area (Å²) in [6.45, 7) is 5.02. The van der Waals surface area contributed by atoms with Crippen LogP contribution < -0.4 is 4.74 Å². The second-order valence-corrected chi connectivity index (χ2v) is 5.02. The van der Waals surface area contributed by atoms with Gasteiger partial charge in [0.1, 0.15) is 5.75 Å². The van der Waals surface area contributed by atoms with E-state index in [1.54, 1.807) is 14.2 Å². The lowest BCUT2D eigenvalue weighted by atomic mass is 9.85. The van der Waals surface area contributed by atoms with Crippen LogP contribution in [0.4, 0.5) is 0 Å². The molecule has 0 aliphatic heterocycles. The van der Waals surface area contributed by atoms with E-state index in [4.69, 9.17) is 9.47 Å². The van der Waals surface area contributed by atoms with Crippen molar-refractivity contribution in [2.45, 2.75) is 19.3 Å². The molecule has 0 fully saturated rings. The Kier molecular flexibility index (Phi) is 4.17. The monoisotopic (exact) mass is 272 g/mol. The van der Waals surface area contributed by atoms with E-state index in [9.17, 15) is 0 Å². The number of halogens is 1. The Hall–Kier alpha value is -0.540. The SMILES string of the molecule is COCC(C)(C)c1ccc(OC)c(Br)c1. The van der Waals surface area contributed by atoms with Gasteiger partial charge in [-0.25, -0.2) is 0 Å². The second kappa shape index (κ2) is 4.99. The molecule has 0 spiro atoms. The van der Waals surface area contributed by atoms with Crippen molar-refractivity contribution >= 4 is 15.9 Å². The van der Waals surface area contributed by atoms with Gasteiger partial charge in [0, 0.05) is 12.5 Å². The zero-order valence-corrected chi connectivity index (χ0v) is 11.2. The van der Waals surface area contributed by atoms with E-state index >= 15 is 0 Å². The average molecular weight is 273 g/mol. The lowest BCUT2D eigenvalue weighted by molar-refractivity contribution is 0.146. The van der Waals surface area contributed by atoms with E-state index in [1.165, 1.54) is 5.56 Å². The van der Waals surface area contributed by atoms with Crippen molar-refractivity contribution in [2.75, 3.05) is 20.8 Å². The number of benzene rings is 1. The van der Waals surface area contributed by atoms with Crippen molar-refractivity contribution in [3.63, 3.8) is 0 Å². The van der Waals surface area contributed by atoms with Crippen LogP contribution in [0, 0.1) is 0 Å². The maximum atomic E-state index is 5.21. The molecule has 0 amide bonds. The van der Waals surface area contributed by atoms with Gasteiger partial charge in [0.15, 0.2) is 0 Å². The molecule has 0 unspecified atom stereocenters. The Labute approximate surface area is 99.7 Å². The predicted octanol–water partition coefficient (Wildman–Crippen LogP) is 3.38. The number of rotatable bonds is 4. The highest BCUT2D eigenvalue weighted by atomic mass is 79.9. The van der Waals surface area contributed by atoms with Crippen LogP contribution in [0.5, 0.6) is 5.75 Å². The molecule has 1 aromatic carbocycles. The highest BCUT2D eigenvalue weighted by Gasteiger charge is 2.21. The van der Waals surface area contributed by atoms with Gasteiger partial charge in [-0.1, -0.05) is 19.9 Å². The molecule has 0 atom stereocenters. The normalized spacial score (nSPS) is 11.5. The Morgan fingerprint density at radius 2 is 1.93 bits per heavy atom. The number of ether oxygens (including phenoxy) is 2. The van der Waals surface area contributed by atoms with Gasteiger partial charge in [-0.15, -0.1) is 0 Å². The molecule has 0 saturated carbocycles. The van der Waals surface area contributed by atoms with Gasteiger partial charge >= 0.3 is 0 Å². The van der Waals surface area contributed by atoms with Crippen LogP contribution in [0.25, 0.3) is 0 Å². The molecule has 2 nitrogen and oxygen atoms in total. The van der Waals surface area contributed by atoms with Crippen LogP contribution in [-0.4, -0.2) is 20.8 Å². The minimum absolute atomic E-state index is 0.0174. The summed E-state index contributed by atoms with van der Waals surface area (Å²) in [5.41, 5.74) is 1.25.